The molecule has 2 saturated heterocycles. The SMILES string of the molecule is CCC(C)(C)C(=O)O[C@H]1C[C@@H](C)C=C2C=C[C@H](C)[C@H](CC[C@@H]3C[C@@H](O)CC(=O)O3)[C@H]21.Oc1ccc2c(c1)CC[C@H](c1ccccc1)[C@@H]2c1ccc(OCCN2CCCC2)cc1. The van der Waals surface area contributed by atoms with Crippen molar-refractivity contribution in [2.45, 2.75) is 129 Å². The highest BCUT2D eigenvalue weighted by molar-refractivity contribution is 5.76. The van der Waals surface area contributed by atoms with E-state index in [1.54, 1.807) is 0 Å². The zero-order chi connectivity index (χ0) is 43.1. The minimum atomic E-state index is -0.601. The molecule has 0 amide bonds. The summed E-state index contributed by atoms with van der Waals surface area (Å²) in [6.07, 6.45) is 14.3. The molecule has 0 radical (unpaired) electrons. The zero-order valence-corrected chi connectivity index (χ0v) is 37.1. The number of aliphatic hydroxyl groups excluding tert-OH is 1. The number of phenols is 1. The maximum Gasteiger partial charge on any atom is 0.311 e. The second kappa shape index (κ2) is 20.2. The standard InChI is InChI=1S/C28H31NO2.C25H38O5/c30-24-11-15-27-23(20-24)10-14-26(21-6-2-1-3-7-21)28(27)22-8-12-25(13-9-22)31-19-18-29-16-4-5-17-29;1-6-25(4,5)24(28)30-21-12-15(2)11-17-8-7-16(3)20(23(17)21)10-9-19-13-18(26)14-22(27)29-19/h1-3,6-9,11-13,15,20,26,28,30H,4-5,10,14,16-19H2;7-8,11,15-16,18-21,23,26H,6,9-10,12-14H2,1-5H3/t26-,28+;15-,16-,18+,19+,20-,21-,23-/m10/s1. The van der Waals surface area contributed by atoms with E-state index in [4.69, 9.17) is 14.2 Å². The molecule has 3 aromatic carbocycles. The van der Waals surface area contributed by atoms with Gasteiger partial charge in [0.05, 0.1) is 17.9 Å². The van der Waals surface area contributed by atoms with Gasteiger partial charge in [-0.15, -0.1) is 0 Å². The Morgan fingerprint density at radius 1 is 0.951 bits per heavy atom. The Morgan fingerprint density at radius 3 is 2.43 bits per heavy atom. The van der Waals surface area contributed by atoms with Gasteiger partial charge in [0.2, 0.25) is 0 Å². The summed E-state index contributed by atoms with van der Waals surface area (Å²) in [7, 11) is 0. The number of aromatic hydroxyl groups is 1. The molecule has 3 aliphatic carbocycles. The molecule has 328 valence electrons. The number of fused-ring (bicyclic) bond motifs is 2. The van der Waals surface area contributed by atoms with Crippen LogP contribution >= 0.6 is 0 Å². The van der Waals surface area contributed by atoms with Gasteiger partial charge in [0.1, 0.15) is 30.3 Å². The number of rotatable bonds is 12. The van der Waals surface area contributed by atoms with Gasteiger partial charge in [-0.2, -0.15) is 0 Å². The van der Waals surface area contributed by atoms with Crippen molar-refractivity contribution in [3.05, 3.63) is 119 Å². The number of carbonyl (C=O) groups excluding carboxylic acids is 2. The highest BCUT2D eigenvalue weighted by Crippen LogP contribution is 2.48. The fourth-order valence-corrected chi connectivity index (χ4v) is 10.4. The number of hydrogen-bond donors (Lipinski definition) is 2. The van der Waals surface area contributed by atoms with Gasteiger partial charge < -0.3 is 24.4 Å². The molecule has 2 aliphatic heterocycles. The van der Waals surface area contributed by atoms with Crippen LogP contribution in [-0.4, -0.2) is 71.6 Å². The summed E-state index contributed by atoms with van der Waals surface area (Å²) in [5.41, 5.74) is 6.08. The van der Waals surface area contributed by atoms with Crippen LogP contribution in [0.3, 0.4) is 0 Å². The minimum Gasteiger partial charge on any atom is -0.508 e. The largest absolute Gasteiger partial charge is 0.508 e. The van der Waals surface area contributed by atoms with E-state index in [1.165, 1.54) is 53.8 Å². The molecule has 0 spiro atoms. The molecule has 0 unspecified atom stereocenters. The summed E-state index contributed by atoms with van der Waals surface area (Å²) in [5.74, 6) is 2.79. The van der Waals surface area contributed by atoms with Crippen LogP contribution in [0.1, 0.15) is 126 Å². The Morgan fingerprint density at radius 2 is 1.70 bits per heavy atom. The summed E-state index contributed by atoms with van der Waals surface area (Å²) < 4.78 is 17.7. The molecular formula is C53H69NO7. The predicted octanol–water partition coefficient (Wildman–Crippen LogP) is 10.3. The first kappa shape index (κ1) is 44.6. The van der Waals surface area contributed by atoms with Crippen molar-refractivity contribution in [2.24, 2.45) is 29.1 Å². The molecular weight excluding hydrogens is 763 g/mol. The first-order valence-electron chi connectivity index (χ1n) is 23.2. The predicted molar refractivity (Wildman–Crippen MR) is 241 cm³/mol. The Hall–Kier alpha value is -4.40. The highest BCUT2D eigenvalue weighted by Gasteiger charge is 2.43. The van der Waals surface area contributed by atoms with Crippen LogP contribution in [-0.2, 0) is 25.5 Å². The van der Waals surface area contributed by atoms with Crippen molar-refractivity contribution < 1.29 is 34.0 Å². The van der Waals surface area contributed by atoms with Crippen molar-refractivity contribution in [2.75, 3.05) is 26.2 Å². The maximum absolute atomic E-state index is 12.9. The van der Waals surface area contributed by atoms with Crippen molar-refractivity contribution in [3.8, 4) is 11.5 Å². The van der Waals surface area contributed by atoms with Crippen LogP contribution in [0.2, 0.25) is 0 Å². The molecule has 2 N–H and O–H groups in total. The summed E-state index contributed by atoms with van der Waals surface area (Å²) in [5, 5.41) is 19.9. The molecule has 0 aromatic heterocycles. The van der Waals surface area contributed by atoms with Gasteiger partial charge in [0.25, 0.3) is 0 Å². The minimum absolute atomic E-state index is 0.0949. The molecule has 3 aromatic rings. The highest BCUT2D eigenvalue weighted by atomic mass is 16.6. The van der Waals surface area contributed by atoms with Gasteiger partial charge in [-0.1, -0.05) is 87.5 Å². The quantitative estimate of drug-likeness (QED) is 0.174. The maximum atomic E-state index is 12.9. The number of cyclic esters (lactones) is 1. The number of esters is 2. The third-order valence-corrected chi connectivity index (χ3v) is 14.3. The molecule has 9 atom stereocenters. The second-order valence-electron chi connectivity index (χ2n) is 19.1. The molecule has 0 bridgehead atoms. The van der Waals surface area contributed by atoms with Gasteiger partial charge in [-0.25, -0.2) is 0 Å². The van der Waals surface area contributed by atoms with E-state index < -0.39 is 11.5 Å². The number of nitrogens with zero attached hydrogens (tertiary/aromatic N) is 1. The fourth-order valence-electron chi connectivity index (χ4n) is 10.4. The lowest BCUT2D eigenvalue weighted by atomic mass is 9.65. The van der Waals surface area contributed by atoms with Crippen LogP contribution in [0.15, 0.2) is 96.6 Å². The first-order chi connectivity index (χ1) is 29.4. The number of phenolic OH excluding ortho intramolecular Hbond substituents is 1. The lowest BCUT2D eigenvalue weighted by Crippen LogP contribution is -2.43. The number of carbonyl (C=O) groups is 2. The van der Waals surface area contributed by atoms with E-state index >= 15 is 0 Å². The van der Waals surface area contributed by atoms with E-state index in [0.717, 1.165) is 57.4 Å². The Kier molecular flexibility index (Phi) is 14.8. The molecule has 2 heterocycles. The Balaban J connectivity index is 0.000000184. The number of hydrogen-bond acceptors (Lipinski definition) is 8. The van der Waals surface area contributed by atoms with Crippen LogP contribution in [0.4, 0.5) is 0 Å². The van der Waals surface area contributed by atoms with Gasteiger partial charge in [-0.05, 0) is 154 Å². The zero-order valence-electron chi connectivity index (χ0n) is 37.1. The van der Waals surface area contributed by atoms with Crippen LogP contribution in [0, 0.1) is 29.1 Å². The molecule has 0 saturated carbocycles. The lowest BCUT2D eigenvalue weighted by Gasteiger charge is -2.44. The summed E-state index contributed by atoms with van der Waals surface area (Å²) in [6.45, 7) is 14.5. The van der Waals surface area contributed by atoms with Crippen molar-refractivity contribution in [1.82, 2.24) is 4.90 Å². The van der Waals surface area contributed by atoms with Crippen LogP contribution < -0.4 is 4.74 Å². The number of aliphatic hydroxyl groups is 1. The van der Waals surface area contributed by atoms with E-state index in [1.807, 2.05) is 32.9 Å². The number of allylic oxidation sites excluding steroid dienone is 3. The first-order valence-corrected chi connectivity index (χ1v) is 23.2. The fraction of sp³-hybridized carbons (Fsp3) is 0.547. The van der Waals surface area contributed by atoms with Crippen molar-refractivity contribution in [1.29, 1.82) is 0 Å². The average molecular weight is 832 g/mol. The number of benzene rings is 3. The monoisotopic (exact) mass is 832 g/mol. The molecule has 61 heavy (non-hydrogen) atoms. The molecule has 2 fully saturated rings. The van der Waals surface area contributed by atoms with E-state index in [0.29, 0.717) is 35.8 Å². The van der Waals surface area contributed by atoms with Gasteiger partial charge in [0, 0.05) is 24.8 Å². The van der Waals surface area contributed by atoms with Gasteiger partial charge in [0.15, 0.2) is 0 Å². The molecule has 8 heteroatoms. The normalized spacial score (nSPS) is 28.7. The number of likely N-dealkylation sites (tertiary alicyclic amines) is 1. The summed E-state index contributed by atoms with van der Waals surface area (Å²) in [4.78, 5) is 27.0. The summed E-state index contributed by atoms with van der Waals surface area (Å²) in [6, 6.07) is 25.4. The van der Waals surface area contributed by atoms with Crippen LogP contribution in [0.25, 0.3) is 0 Å². The summed E-state index contributed by atoms with van der Waals surface area (Å²) >= 11 is 0. The third kappa shape index (κ3) is 11.2. The van der Waals surface area contributed by atoms with E-state index in [-0.39, 0.29) is 42.4 Å². The molecule has 5 aliphatic rings. The molecule has 8 nitrogen and oxygen atoms in total. The van der Waals surface area contributed by atoms with Crippen molar-refractivity contribution in [3.63, 3.8) is 0 Å². The lowest BCUT2D eigenvalue weighted by molar-refractivity contribution is -0.166. The van der Waals surface area contributed by atoms with Gasteiger partial charge >= 0.3 is 11.9 Å². The Bertz CT molecular complexity index is 1980. The van der Waals surface area contributed by atoms with Crippen molar-refractivity contribution >= 4 is 11.9 Å². The van der Waals surface area contributed by atoms with E-state index in [9.17, 15) is 19.8 Å². The molecule has 8 rings (SSSR count). The van der Waals surface area contributed by atoms with Crippen LogP contribution in [0.5, 0.6) is 11.5 Å². The van der Waals surface area contributed by atoms with E-state index in [2.05, 4.69) is 97.6 Å². The Labute approximate surface area is 364 Å². The second-order valence-corrected chi connectivity index (χ2v) is 19.1. The number of aryl methyl sites for hydroxylation is 1. The third-order valence-electron chi connectivity index (χ3n) is 14.3. The number of ether oxygens (including phenoxy) is 3. The van der Waals surface area contributed by atoms with Gasteiger partial charge in [-0.3, -0.25) is 14.5 Å². The average Bonchev–Trinajstić information content (AvgIpc) is 3.77. The topological polar surface area (TPSA) is 106 Å². The smallest absolute Gasteiger partial charge is 0.311 e.